The van der Waals surface area contributed by atoms with Gasteiger partial charge >= 0.3 is 0 Å². The molecule has 16 heavy (non-hydrogen) atoms. The van der Waals surface area contributed by atoms with Crippen LogP contribution >= 0.6 is 0 Å². The maximum Gasteiger partial charge on any atom is 0.254 e. The first-order chi connectivity index (χ1) is 7.57. The molecule has 5 heteroatoms. The smallest absolute Gasteiger partial charge is 0.254 e. The Morgan fingerprint density at radius 3 is 2.50 bits per heavy atom. The molecule has 0 saturated heterocycles. The zero-order valence-corrected chi connectivity index (χ0v) is 9.91. The summed E-state index contributed by atoms with van der Waals surface area (Å²) in [5, 5.41) is 9.33. The van der Waals surface area contributed by atoms with Crippen LogP contribution in [0.3, 0.4) is 0 Å². The summed E-state index contributed by atoms with van der Waals surface area (Å²) in [6.45, 7) is 6.34. The highest BCUT2D eigenvalue weighted by Gasteiger charge is 2.32. The molecule has 0 aliphatic heterocycles. The van der Waals surface area contributed by atoms with Crippen LogP contribution in [0.4, 0.5) is 0 Å². The summed E-state index contributed by atoms with van der Waals surface area (Å²) in [6, 6.07) is 1.05. The van der Waals surface area contributed by atoms with Gasteiger partial charge in [-0.15, -0.1) is 0 Å². The van der Waals surface area contributed by atoms with Crippen molar-refractivity contribution < 1.29 is 9.84 Å². The molecule has 1 rings (SSSR count). The number of nitrogens with zero attached hydrogens (tertiary/aromatic N) is 1. The molecule has 0 bridgehead atoms. The number of aromatic nitrogens is 2. The second-order valence-electron chi connectivity index (χ2n) is 3.59. The highest BCUT2D eigenvalue weighted by atomic mass is 16.5. The highest BCUT2D eigenvalue weighted by Crippen LogP contribution is 2.30. The zero-order valence-electron chi connectivity index (χ0n) is 9.91. The van der Waals surface area contributed by atoms with Crippen molar-refractivity contribution in [2.24, 2.45) is 0 Å². The van der Waals surface area contributed by atoms with E-state index in [-0.39, 0.29) is 11.4 Å². The molecular formula is C11H18N2O3. The van der Waals surface area contributed by atoms with Gasteiger partial charge < -0.3 is 14.8 Å². The lowest BCUT2D eigenvalue weighted by atomic mass is 9.96. The van der Waals surface area contributed by atoms with Gasteiger partial charge in [-0.05, 0) is 19.8 Å². The third kappa shape index (κ3) is 2.41. The van der Waals surface area contributed by atoms with E-state index in [1.807, 2.05) is 20.8 Å². The SMILES string of the molecule is CCOC(CC)(CC)c1nc(O)cc(=O)[nH]1. The molecule has 0 aliphatic rings. The van der Waals surface area contributed by atoms with Crippen molar-refractivity contribution in [2.45, 2.75) is 39.2 Å². The Morgan fingerprint density at radius 1 is 1.44 bits per heavy atom. The third-order valence-corrected chi connectivity index (χ3v) is 2.72. The van der Waals surface area contributed by atoms with Crippen molar-refractivity contribution in [3.05, 3.63) is 22.2 Å². The summed E-state index contributed by atoms with van der Waals surface area (Å²) in [5.74, 6) is 0.120. The van der Waals surface area contributed by atoms with Gasteiger partial charge in [-0.1, -0.05) is 13.8 Å². The van der Waals surface area contributed by atoms with Crippen LogP contribution < -0.4 is 5.56 Å². The molecule has 2 N–H and O–H groups in total. The van der Waals surface area contributed by atoms with Crippen molar-refractivity contribution in [1.82, 2.24) is 9.97 Å². The number of nitrogens with one attached hydrogen (secondary N) is 1. The molecule has 0 atom stereocenters. The van der Waals surface area contributed by atoms with E-state index in [4.69, 9.17) is 4.74 Å². The normalized spacial score (nSPS) is 11.7. The lowest BCUT2D eigenvalue weighted by Crippen LogP contribution is -2.32. The van der Waals surface area contributed by atoms with E-state index in [2.05, 4.69) is 9.97 Å². The van der Waals surface area contributed by atoms with Gasteiger partial charge in [0.15, 0.2) is 0 Å². The number of hydrogen-bond donors (Lipinski definition) is 2. The van der Waals surface area contributed by atoms with E-state index >= 15 is 0 Å². The minimum Gasteiger partial charge on any atom is -0.493 e. The summed E-state index contributed by atoms with van der Waals surface area (Å²) >= 11 is 0. The third-order valence-electron chi connectivity index (χ3n) is 2.72. The van der Waals surface area contributed by atoms with Crippen LogP contribution in [0.5, 0.6) is 5.88 Å². The van der Waals surface area contributed by atoms with Gasteiger partial charge in [-0.3, -0.25) is 4.79 Å². The van der Waals surface area contributed by atoms with Gasteiger partial charge in [0.1, 0.15) is 11.4 Å². The average Bonchev–Trinajstić information content (AvgIpc) is 2.24. The fraction of sp³-hybridized carbons (Fsp3) is 0.636. The molecule has 1 aromatic rings. The molecular weight excluding hydrogens is 208 g/mol. The number of hydrogen-bond acceptors (Lipinski definition) is 4. The Bertz CT molecular complexity index is 396. The second kappa shape index (κ2) is 5.12. The van der Waals surface area contributed by atoms with Gasteiger partial charge in [0.2, 0.25) is 5.88 Å². The van der Waals surface area contributed by atoms with E-state index in [0.29, 0.717) is 25.3 Å². The number of aromatic amines is 1. The van der Waals surface area contributed by atoms with Crippen LogP contribution in [0.2, 0.25) is 0 Å². The van der Waals surface area contributed by atoms with Crippen molar-refractivity contribution in [2.75, 3.05) is 6.61 Å². The zero-order chi connectivity index (χ0) is 12.2. The van der Waals surface area contributed by atoms with Gasteiger partial charge in [0, 0.05) is 6.61 Å². The van der Waals surface area contributed by atoms with E-state index in [0.717, 1.165) is 6.07 Å². The quantitative estimate of drug-likeness (QED) is 0.798. The molecule has 0 unspecified atom stereocenters. The molecule has 0 fully saturated rings. The van der Waals surface area contributed by atoms with Crippen molar-refractivity contribution in [3.63, 3.8) is 0 Å². The number of aromatic hydroxyl groups is 1. The Kier molecular flexibility index (Phi) is 4.06. The van der Waals surface area contributed by atoms with E-state index in [9.17, 15) is 9.90 Å². The monoisotopic (exact) mass is 226 g/mol. The summed E-state index contributed by atoms with van der Waals surface area (Å²) in [5.41, 5.74) is -0.986. The topological polar surface area (TPSA) is 75.2 Å². The maximum absolute atomic E-state index is 11.3. The minimum atomic E-state index is -0.618. The van der Waals surface area contributed by atoms with Crippen LogP contribution in [0.1, 0.15) is 39.4 Å². The first-order valence-corrected chi connectivity index (χ1v) is 5.52. The number of rotatable bonds is 5. The summed E-state index contributed by atoms with van der Waals surface area (Å²) in [4.78, 5) is 17.8. The molecule has 1 aromatic heterocycles. The number of H-pyrrole nitrogens is 1. The van der Waals surface area contributed by atoms with Gasteiger partial charge in [-0.2, -0.15) is 4.98 Å². The van der Waals surface area contributed by atoms with Crippen molar-refractivity contribution in [1.29, 1.82) is 0 Å². The molecule has 0 radical (unpaired) electrons. The Labute approximate surface area is 94.5 Å². The van der Waals surface area contributed by atoms with Crippen LogP contribution in [-0.4, -0.2) is 21.7 Å². The van der Waals surface area contributed by atoms with Crippen LogP contribution in [0, 0.1) is 0 Å². The van der Waals surface area contributed by atoms with Crippen molar-refractivity contribution in [3.8, 4) is 5.88 Å². The lowest BCUT2D eigenvalue weighted by molar-refractivity contribution is -0.0576. The molecule has 0 spiro atoms. The standard InChI is InChI=1S/C11H18N2O3/c1-4-11(5-2,16-6-3)10-12-8(14)7-9(15)13-10/h7H,4-6H2,1-3H3,(H2,12,13,14,15). The molecule has 0 aromatic carbocycles. The fourth-order valence-electron chi connectivity index (χ4n) is 1.79. The molecule has 90 valence electrons. The maximum atomic E-state index is 11.3. The molecule has 0 saturated carbocycles. The summed E-state index contributed by atoms with van der Waals surface area (Å²) in [6.07, 6.45) is 1.37. The van der Waals surface area contributed by atoms with Gasteiger partial charge in [0.05, 0.1) is 6.07 Å². The molecule has 0 amide bonds. The Morgan fingerprint density at radius 2 is 2.06 bits per heavy atom. The average molecular weight is 226 g/mol. The Hall–Kier alpha value is -1.36. The van der Waals surface area contributed by atoms with Gasteiger partial charge in [0.25, 0.3) is 5.56 Å². The first kappa shape index (κ1) is 12.7. The molecule has 0 aliphatic carbocycles. The molecule has 1 heterocycles. The summed E-state index contributed by atoms with van der Waals surface area (Å²) < 4.78 is 5.68. The first-order valence-electron chi connectivity index (χ1n) is 5.52. The fourth-order valence-corrected chi connectivity index (χ4v) is 1.79. The van der Waals surface area contributed by atoms with Crippen molar-refractivity contribution >= 4 is 0 Å². The predicted octanol–water partition coefficient (Wildman–Crippen LogP) is 1.53. The van der Waals surface area contributed by atoms with Crippen LogP contribution in [0.25, 0.3) is 0 Å². The number of ether oxygens (including phenoxy) is 1. The summed E-state index contributed by atoms with van der Waals surface area (Å²) in [7, 11) is 0. The highest BCUT2D eigenvalue weighted by molar-refractivity contribution is 5.11. The largest absolute Gasteiger partial charge is 0.493 e. The van der Waals surface area contributed by atoms with Gasteiger partial charge in [-0.25, -0.2) is 0 Å². The van der Waals surface area contributed by atoms with Crippen LogP contribution in [-0.2, 0) is 10.3 Å². The second-order valence-corrected chi connectivity index (χ2v) is 3.59. The van der Waals surface area contributed by atoms with E-state index in [1.54, 1.807) is 0 Å². The van der Waals surface area contributed by atoms with E-state index < -0.39 is 5.60 Å². The lowest BCUT2D eigenvalue weighted by Gasteiger charge is -2.30. The molecule has 5 nitrogen and oxygen atoms in total. The Balaban J connectivity index is 3.24. The predicted molar refractivity (Wildman–Crippen MR) is 60.4 cm³/mol. The minimum absolute atomic E-state index is 0.273. The van der Waals surface area contributed by atoms with Crippen LogP contribution in [0.15, 0.2) is 10.9 Å². The van der Waals surface area contributed by atoms with E-state index in [1.165, 1.54) is 0 Å².